The van der Waals surface area contributed by atoms with Crippen LogP contribution in [0.5, 0.6) is 11.5 Å². The molecule has 0 aliphatic rings. The van der Waals surface area contributed by atoms with Gasteiger partial charge in [-0.05, 0) is 45.0 Å². The van der Waals surface area contributed by atoms with Crippen molar-refractivity contribution in [3.8, 4) is 11.5 Å². The summed E-state index contributed by atoms with van der Waals surface area (Å²) in [5.41, 5.74) is -1.22. The van der Waals surface area contributed by atoms with Gasteiger partial charge in [0.1, 0.15) is 11.4 Å². The van der Waals surface area contributed by atoms with Crippen molar-refractivity contribution in [1.82, 2.24) is 0 Å². The summed E-state index contributed by atoms with van der Waals surface area (Å²) in [5, 5.41) is 13.1. The van der Waals surface area contributed by atoms with Crippen LogP contribution in [0.4, 0.5) is 25.0 Å². The summed E-state index contributed by atoms with van der Waals surface area (Å²) >= 11 is 0. The topological polar surface area (TPSA) is 90.7 Å². The molecule has 2 aromatic rings. The summed E-state index contributed by atoms with van der Waals surface area (Å²) in [7, 11) is 0. The van der Waals surface area contributed by atoms with E-state index in [1.165, 1.54) is 24.3 Å². The van der Waals surface area contributed by atoms with Crippen LogP contribution < -0.4 is 10.1 Å². The Morgan fingerprint density at radius 2 is 1.73 bits per heavy atom. The minimum Gasteiger partial charge on any atom is -0.454 e. The maximum absolute atomic E-state index is 13.8. The zero-order chi connectivity index (χ0) is 19.5. The first-order chi connectivity index (χ1) is 12.0. The summed E-state index contributed by atoms with van der Waals surface area (Å²) in [6.45, 7) is 5.17. The minimum absolute atomic E-state index is 0.145. The molecule has 0 spiro atoms. The maximum atomic E-state index is 13.8. The average molecular weight is 366 g/mol. The molecule has 0 aliphatic carbocycles. The zero-order valence-corrected chi connectivity index (χ0v) is 14.2. The van der Waals surface area contributed by atoms with Gasteiger partial charge in [0.15, 0.2) is 11.6 Å². The van der Waals surface area contributed by atoms with Gasteiger partial charge in [-0.1, -0.05) is 0 Å². The molecule has 9 heteroatoms. The lowest BCUT2D eigenvalue weighted by Crippen LogP contribution is -2.27. The van der Waals surface area contributed by atoms with Gasteiger partial charge in [0, 0.05) is 11.8 Å². The van der Waals surface area contributed by atoms with Crippen molar-refractivity contribution < 1.29 is 28.0 Å². The number of benzene rings is 2. The third-order valence-electron chi connectivity index (χ3n) is 2.93. The summed E-state index contributed by atoms with van der Waals surface area (Å²) < 4.78 is 37.7. The number of anilines is 1. The summed E-state index contributed by atoms with van der Waals surface area (Å²) in [6, 6.07) is 6.80. The van der Waals surface area contributed by atoms with Crippen molar-refractivity contribution in [2.24, 2.45) is 0 Å². The predicted octanol–water partition coefficient (Wildman–Crippen LogP) is 5.01. The second-order valence-corrected chi connectivity index (χ2v) is 6.24. The molecule has 0 fully saturated rings. The van der Waals surface area contributed by atoms with Gasteiger partial charge in [-0.15, -0.1) is 0 Å². The molecule has 138 valence electrons. The Morgan fingerprint density at radius 3 is 2.27 bits per heavy atom. The third kappa shape index (κ3) is 5.13. The number of hydrogen-bond acceptors (Lipinski definition) is 5. The second kappa shape index (κ2) is 7.34. The van der Waals surface area contributed by atoms with E-state index in [1.807, 2.05) is 0 Å². The molecule has 1 amide bonds. The van der Waals surface area contributed by atoms with Crippen molar-refractivity contribution >= 4 is 17.5 Å². The molecule has 0 aliphatic heterocycles. The number of carbonyl (C=O) groups is 1. The molecule has 0 atom stereocenters. The van der Waals surface area contributed by atoms with Crippen molar-refractivity contribution in [3.63, 3.8) is 0 Å². The Hall–Kier alpha value is -3.23. The van der Waals surface area contributed by atoms with Crippen LogP contribution in [0.1, 0.15) is 20.8 Å². The molecule has 0 saturated heterocycles. The van der Waals surface area contributed by atoms with Gasteiger partial charge in [0.25, 0.3) is 0 Å². The molecule has 0 bridgehead atoms. The number of nitro groups is 1. The Bertz CT molecular complexity index is 832. The summed E-state index contributed by atoms with van der Waals surface area (Å²) in [6.07, 6.45) is -0.644. The van der Waals surface area contributed by atoms with E-state index in [9.17, 15) is 23.7 Å². The number of nitrogens with one attached hydrogen (secondary N) is 1. The molecule has 7 nitrogen and oxygen atoms in total. The van der Waals surface area contributed by atoms with Gasteiger partial charge in [0.05, 0.1) is 11.0 Å². The smallest absolute Gasteiger partial charge is 0.412 e. The van der Waals surface area contributed by atoms with Crippen LogP contribution in [0.25, 0.3) is 0 Å². The quantitative estimate of drug-likeness (QED) is 0.606. The van der Waals surface area contributed by atoms with Gasteiger partial charge in [0.2, 0.25) is 5.82 Å². The highest BCUT2D eigenvalue weighted by Gasteiger charge is 2.20. The van der Waals surface area contributed by atoms with Crippen LogP contribution in [0, 0.1) is 21.7 Å². The van der Waals surface area contributed by atoms with Crippen molar-refractivity contribution in [1.29, 1.82) is 0 Å². The van der Waals surface area contributed by atoms with Gasteiger partial charge in [-0.3, -0.25) is 15.4 Å². The van der Waals surface area contributed by atoms with Crippen LogP contribution in [0.3, 0.4) is 0 Å². The zero-order valence-electron chi connectivity index (χ0n) is 14.2. The Labute approximate surface area is 147 Å². The Kier molecular flexibility index (Phi) is 5.39. The number of hydrogen-bond donors (Lipinski definition) is 1. The molecule has 0 aromatic heterocycles. The van der Waals surface area contributed by atoms with E-state index in [2.05, 4.69) is 5.32 Å². The fourth-order valence-corrected chi connectivity index (χ4v) is 1.89. The number of carbonyl (C=O) groups excluding carboxylic acids is 1. The maximum Gasteiger partial charge on any atom is 0.412 e. The highest BCUT2D eigenvalue weighted by Crippen LogP contribution is 2.30. The highest BCUT2D eigenvalue weighted by molar-refractivity contribution is 5.84. The van der Waals surface area contributed by atoms with Crippen molar-refractivity contribution in [2.75, 3.05) is 5.32 Å². The number of rotatable bonds is 4. The third-order valence-corrected chi connectivity index (χ3v) is 2.93. The predicted molar refractivity (Wildman–Crippen MR) is 89.4 cm³/mol. The lowest BCUT2D eigenvalue weighted by atomic mass is 10.2. The average Bonchev–Trinajstić information content (AvgIpc) is 2.50. The Morgan fingerprint density at radius 1 is 1.12 bits per heavy atom. The number of nitrogens with zero attached hydrogens (tertiary/aromatic N) is 1. The number of nitro benzene ring substituents is 1. The van der Waals surface area contributed by atoms with E-state index in [0.29, 0.717) is 17.8 Å². The lowest BCUT2D eigenvalue weighted by molar-refractivity contribution is -0.387. The van der Waals surface area contributed by atoms with Crippen LogP contribution in [0.15, 0.2) is 36.4 Å². The fourth-order valence-electron chi connectivity index (χ4n) is 1.89. The molecular formula is C17H16F2N2O5. The first-order valence-corrected chi connectivity index (χ1v) is 7.46. The van der Waals surface area contributed by atoms with Crippen molar-refractivity contribution in [3.05, 3.63) is 58.1 Å². The molecule has 0 saturated carbocycles. The number of halogens is 2. The van der Waals surface area contributed by atoms with Gasteiger partial charge in [-0.2, -0.15) is 4.39 Å². The standard InChI is InChI=1S/C17H16F2N2O5/c1-17(2,3)26-16(22)20-10-4-6-11(7-5-10)25-15-9-12(18)14(21(23)24)8-13(15)19/h4-9H,1-3H3,(H,20,22). The molecular weight excluding hydrogens is 350 g/mol. The molecule has 2 aromatic carbocycles. The SMILES string of the molecule is CC(C)(C)OC(=O)Nc1ccc(Oc2cc(F)c([N+](=O)[O-])cc2F)cc1. The van der Waals surface area contributed by atoms with E-state index in [4.69, 9.17) is 9.47 Å². The lowest BCUT2D eigenvalue weighted by Gasteiger charge is -2.19. The normalized spacial score (nSPS) is 11.0. The Balaban J connectivity index is 2.09. The first-order valence-electron chi connectivity index (χ1n) is 7.46. The van der Waals surface area contributed by atoms with E-state index >= 15 is 0 Å². The molecule has 0 radical (unpaired) electrons. The minimum atomic E-state index is -1.21. The molecule has 2 rings (SSSR count). The molecule has 26 heavy (non-hydrogen) atoms. The van der Waals surface area contributed by atoms with Crippen LogP contribution in [-0.2, 0) is 4.74 Å². The van der Waals surface area contributed by atoms with Crippen LogP contribution in [0.2, 0.25) is 0 Å². The van der Waals surface area contributed by atoms with E-state index in [-0.39, 0.29) is 5.75 Å². The molecule has 1 N–H and O–H groups in total. The van der Waals surface area contributed by atoms with Crippen LogP contribution >= 0.6 is 0 Å². The molecule has 0 unspecified atom stereocenters. The van der Waals surface area contributed by atoms with E-state index in [1.54, 1.807) is 20.8 Å². The number of ether oxygens (including phenoxy) is 2. The fraction of sp³-hybridized carbons (Fsp3) is 0.235. The summed E-state index contributed by atoms with van der Waals surface area (Å²) in [4.78, 5) is 21.2. The second-order valence-electron chi connectivity index (χ2n) is 6.24. The number of amides is 1. The largest absolute Gasteiger partial charge is 0.454 e. The van der Waals surface area contributed by atoms with E-state index < -0.39 is 39.7 Å². The monoisotopic (exact) mass is 366 g/mol. The first kappa shape index (κ1) is 19.1. The van der Waals surface area contributed by atoms with Gasteiger partial charge >= 0.3 is 11.8 Å². The highest BCUT2D eigenvalue weighted by atomic mass is 19.1. The van der Waals surface area contributed by atoms with Crippen LogP contribution in [-0.4, -0.2) is 16.6 Å². The van der Waals surface area contributed by atoms with Gasteiger partial charge in [-0.25, -0.2) is 9.18 Å². The van der Waals surface area contributed by atoms with Gasteiger partial charge < -0.3 is 9.47 Å². The summed E-state index contributed by atoms with van der Waals surface area (Å²) in [5.74, 6) is -2.64. The molecule has 0 heterocycles. The van der Waals surface area contributed by atoms with Crippen molar-refractivity contribution in [2.45, 2.75) is 26.4 Å². The van der Waals surface area contributed by atoms with E-state index in [0.717, 1.165) is 0 Å².